The summed E-state index contributed by atoms with van der Waals surface area (Å²) >= 11 is 0. The van der Waals surface area contributed by atoms with Gasteiger partial charge in [0.2, 0.25) is 0 Å². The molecule has 0 fully saturated rings. The fourth-order valence-electron chi connectivity index (χ4n) is 1.24. The van der Waals surface area contributed by atoms with Crippen LogP contribution in [0.4, 0.5) is 0 Å². The predicted octanol–water partition coefficient (Wildman–Crippen LogP) is 0.644. The number of hydrogen-bond acceptors (Lipinski definition) is 4. The van der Waals surface area contributed by atoms with Crippen LogP contribution in [0.1, 0.15) is 18.1 Å². The van der Waals surface area contributed by atoms with Crippen molar-refractivity contribution in [1.82, 2.24) is 0 Å². The summed E-state index contributed by atoms with van der Waals surface area (Å²) in [7, 11) is 1.24. The molecule has 15 heavy (non-hydrogen) atoms. The SMILES string of the molecule is COC(=O)CC(O)C(O)c1ccccc1. The van der Waals surface area contributed by atoms with E-state index in [0.717, 1.165) is 0 Å². The molecule has 0 bridgehead atoms. The molecule has 4 nitrogen and oxygen atoms in total. The van der Waals surface area contributed by atoms with E-state index in [1.807, 2.05) is 6.07 Å². The maximum absolute atomic E-state index is 10.9. The Bertz CT molecular complexity index is 310. The van der Waals surface area contributed by atoms with Crippen molar-refractivity contribution in [2.75, 3.05) is 7.11 Å². The number of ether oxygens (including phenoxy) is 1. The molecular formula is C11H14O4. The maximum atomic E-state index is 10.9. The van der Waals surface area contributed by atoms with Gasteiger partial charge in [-0.3, -0.25) is 4.79 Å². The number of benzene rings is 1. The molecule has 82 valence electrons. The van der Waals surface area contributed by atoms with Crippen LogP contribution < -0.4 is 0 Å². The topological polar surface area (TPSA) is 66.8 Å². The second-order valence-corrected chi connectivity index (χ2v) is 3.20. The minimum absolute atomic E-state index is 0.216. The van der Waals surface area contributed by atoms with Gasteiger partial charge >= 0.3 is 5.97 Å². The van der Waals surface area contributed by atoms with Crippen LogP contribution in [0.3, 0.4) is 0 Å². The van der Waals surface area contributed by atoms with Crippen molar-refractivity contribution in [2.24, 2.45) is 0 Å². The molecule has 2 N–H and O–H groups in total. The van der Waals surface area contributed by atoms with E-state index in [9.17, 15) is 15.0 Å². The zero-order valence-electron chi connectivity index (χ0n) is 8.46. The van der Waals surface area contributed by atoms with Crippen LogP contribution in [0.15, 0.2) is 30.3 Å². The van der Waals surface area contributed by atoms with Gasteiger partial charge in [-0.2, -0.15) is 0 Å². The number of esters is 1. The van der Waals surface area contributed by atoms with Crippen molar-refractivity contribution in [3.63, 3.8) is 0 Å². The largest absolute Gasteiger partial charge is 0.469 e. The number of aliphatic hydroxyl groups excluding tert-OH is 2. The summed E-state index contributed by atoms with van der Waals surface area (Å²) in [6, 6.07) is 8.69. The van der Waals surface area contributed by atoms with E-state index in [1.165, 1.54) is 7.11 Å². The zero-order chi connectivity index (χ0) is 11.3. The lowest BCUT2D eigenvalue weighted by Gasteiger charge is -2.16. The summed E-state index contributed by atoms with van der Waals surface area (Å²) in [6.45, 7) is 0. The lowest BCUT2D eigenvalue weighted by molar-refractivity contribution is -0.144. The molecule has 0 spiro atoms. The van der Waals surface area contributed by atoms with E-state index in [-0.39, 0.29) is 6.42 Å². The molecule has 0 aliphatic heterocycles. The molecule has 0 aromatic heterocycles. The molecule has 1 aromatic rings. The van der Waals surface area contributed by atoms with Gasteiger partial charge in [-0.15, -0.1) is 0 Å². The molecule has 2 unspecified atom stereocenters. The quantitative estimate of drug-likeness (QED) is 0.716. The van der Waals surface area contributed by atoms with E-state index in [2.05, 4.69) is 4.74 Å². The van der Waals surface area contributed by atoms with Crippen LogP contribution in [-0.2, 0) is 9.53 Å². The van der Waals surface area contributed by atoms with Gasteiger partial charge in [0, 0.05) is 0 Å². The van der Waals surface area contributed by atoms with E-state index < -0.39 is 18.2 Å². The Kier molecular flexibility index (Phi) is 4.27. The summed E-state index contributed by atoms with van der Waals surface area (Å²) in [5.74, 6) is -0.544. The van der Waals surface area contributed by atoms with Gasteiger partial charge in [-0.05, 0) is 5.56 Å². The maximum Gasteiger partial charge on any atom is 0.308 e. The lowest BCUT2D eigenvalue weighted by atomic mass is 10.0. The van der Waals surface area contributed by atoms with Gasteiger partial charge in [0.1, 0.15) is 6.10 Å². The van der Waals surface area contributed by atoms with E-state index in [0.29, 0.717) is 5.56 Å². The monoisotopic (exact) mass is 210 g/mol. The molecule has 0 saturated heterocycles. The summed E-state index contributed by atoms with van der Waals surface area (Å²) in [4.78, 5) is 10.9. The van der Waals surface area contributed by atoms with Crippen molar-refractivity contribution < 1.29 is 19.7 Å². The average molecular weight is 210 g/mol. The molecular weight excluding hydrogens is 196 g/mol. The Morgan fingerprint density at radius 2 is 1.93 bits per heavy atom. The second kappa shape index (κ2) is 5.48. The molecule has 1 aromatic carbocycles. The highest BCUT2D eigenvalue weighted by Gasteiger charge is 2.21. The highest BCUT2D eigenvalue weighted by molar-refractivity contribution is 5.69. The smallest absolute Gasteiger partial charge is 0.308 e. The van der Waals surface area contributed by atoms with Gasteiger partial charge < -0.3 is 14.9 Å². The lowest BCUT2D eigenvalue weighted by Crippen LogP contribution is -2.22. The van der Waals surface area contributed by atoms with Crippen LogP contribution in [0, 0.1) is 0 Å². The van der Waals surface area contributed by atoms with E-state index in [4.69, 9.17) is 0 Å². The van der Waals surface area contributed by atoms with Gasteiger partial charge in [0.15, 0.2) is 0 Å². The van der Waals surface area contributed by atoms with Crippen molar-refractivity contribution in [3.05, 3.63) is 35.9 Å². The summed E-state index contributed by atoms with van der Waals surface area (Å²) in [5.41, 5.74) is 0.578. The Hall–Kier alpha value is -1.39. The predicted molar refractivity (Wildman–Crippen MR) is 54.0 cm³/mol. The molecule has 0 radical (unpaired) electrons. The summed E-state index contributed by atoms with van der Waals surface area (Å²) in [5, 5.41) is 19.2. The third-order valence-corrected chi connectivity index (χ3v) is 2.11. The van der Waals surface area contributed by atoms with Gasteiger partial charge in [-0.25, -0.2) is 0 Å². The zero-order valence-corrected chi connectivity index (χ0v) is 8.46. The fourth-order valence-corrected chi connectivity index (χ4v) is 1.24. The van der Waals surface area contributed by atoms with Crippen molar-refractivity contribution in [1.29, 1.82) is 0 Å². The number of hydrogen-bond donors (Lipinski definition) is 2. The highest BCUT2D eigenvalue weighted by Crippen LogP contribution is 2.18. The van der Waals surface area contributed by atoms with Gasteiger partial charge in [-0.1, -0.05) is 30.3 Å². The standard InChI is InChI=1S/C11H14O4/c1-15-10(13)7-9(12)11(14)8-5-3-2-4-6-8/h2-6,9,11-12,14H,7H2,1H3. The molecule has 1 rings (SSSR count). The average Bonchev–Trinajstić information content (AvgIpc) is 2.29. The van der Waals surface area contributed by atoms with E-state index >= 15 is 0 Å². The Labute approximate surface area is 88.1 Å². The van der Waals surface area contributed by atoms with Gasteiger partial charge in [0.05, 0.1) is 19.6 Å². The number of aliphatic hydroxyl groups is 2. The molecule has 0 heterocycles. The van der Waals surface area contributed by atoms with Crippen molar-refractivity contribution in [2.45, 2.75) is 18.6 Å². The summed E-state index contributed by atoms with van der Waals surface area (Å²) < 4.78 is 4.40. The minimum atomic E-state index is -1.14. The summed E-state index contributed by atoms with van der Waals surface area (Å²) in [6.07, 6.45) is -2.42. The third kappa shape index (κ3) is 3.34. The Morgan fingerprint density at radius 1 is 1.33 bits per heavy atom. The third-order valence-electron chi connectivity index (χ3n) is 2.11. The first-order chi connectivity index (χ1) is 7.15. The molecule has 0 amide bonds. The Balaban J connectivity index is 2.61. The van der Waals surface area contributed by atoms with Crippen molar-refractivity contribution >= 4 is 5.97 Å². The number of carbonyl (C=O) groups is 1. The molecule has 0 saturated carbocycles. The number of rotatable bonds is 4. The van der Waals surface area contributed by atoms with Crippen LogP contribution >= 0.6 is 0 Å². The fraction of sp³-hybridized carbons (Fsp3) is 0.364. The first-order valence-electron chi connectivity index (χ1n) is 4.63. The van der Waals surface area contributed by atoms with Crippen LogP contribution in [0.2, 0.25) is 0 Å². The molecule has 2 atom stereocenters. The van der Waals surface area contributed by atoms with Gasteiger partial charge in [0.25, 0.3) is 0 Å². The minimum Gasteiger partial charge on any atom is -0.469 e. The molecule has 0 aliphatic carbocycles. The van der Waals surface area contributed by atoms with Crippen LogP contribution in [0.5, 0.6) is 0 Å². The van der Waals surface area contributed by atoms with Crippen molar-refractivity contribution in [3.8, 4) is 0 Å². The normalized spacial score (nSPS) is 14.3. The highest BCUT2D eigenvalue weighted by atomic mass is 16.5. The first kappa shape index (κ1) is 11.7. The number of methoxy groups -OCH3 is 1. The molecule has 4 heteroatoms. The number of carbonyl (C=O) groups excluding carboxylic acids is 1. The van der Waals surface area contributed by atoms with Crippen LogP contribution in [-0.4, -0.2) is 29.4 Å². The Morgan fingerprint density at radius 3 is 2.47 bits per heavy atom. The second-order valence-electron chi connectivity index (χ2n) is 3.20. The van der Waals surface area contributed by atoms with E-state index in [1.54, 1.807) is 24.3 Å². The van der Waals surface area contributed by atoms with Crippen LogP contribution in [0.25, 0.3) is 0 Å². The first-order valence-corrected chi connectivity index (χ1v) is 4.63. The molecule has 0 aliphatic rings.